The van der Waals surface area contributed by atoms with Gasteiger partial charge in [0.2, 0.25) is 47.3 Å². The Hall–Kier alpha value is -6.48. The molecule has 0 unspecified atom stereocenters. The molecule has 9 atom stereocenters. The number of likely N-dealkylation sites (tertiary alicyclic amines) is 1. The van der Waals surface area contributed by atoms with Gasteiger partial charge in [-0.15, -0.1) is 0 Å². The van der Waals surface area contributed by atoms with Gasteiger partial charge in [0, 0.05) is 13.0 Å². The third kappa shape index (κ3) is 22.7. The summed E-state index contributed by atoms with van der Waals surface area (Å²) in [5.41, 5.74) is 23.2. The van der Waals surface area contributed by atoms with E-state index in [1.54, 1.807) is 13.8 Å². The molecule has 74 heavy (non-hydrogen) atoms. The second kappa shape index (κ2) is 32.0. The minimum Gasteiger partial charge on any atom is -0.508 e. The number of benzene rings is 1. The molecule has 1 aromatic carbocycles. The summed E-state index contributed by atoms with van der Waals surface area (Å²) in [5, 5.41) is 50.0. The second-order valence-corrected chi connectivity index (χ2v) is 19.5. The van der Waals surface area contributed by atoms with E-state index in [1.807, 2.05) is 13.8 Å². The third-order valence-electron chi connectivity index (χ3n) is 11.9. The molecule has 0 radical (unpaired) electrons. The number of phenols is 1. The highest BCUT2D eigenvalue weighted by atomic mass is 16.4. The van der Waals surface area contributed by atoms with Crippen molar-refractivity contribution in [2.45, 2.75) is 173 Å². The zero-order valence-electron chi connectivity index (χ0n) is 43.3. The van der Waals surface area contributed by atoms with Gasteiger partial charge in [-0.2, -0.15) is 0 Å². The first-order chi connectivity index (χ1) is 34.7. The maximum atomic E-state index is 14.1. The SMILES string of the molecule is CC(C)C[C@H](NC(=O)[C@H](CC(C)C)NC(=O)[C@H](CCCCN)NC(=O)[C@H](CCCNC(N)N)NC(=O)[C@H](C)NC(=O)[C@@H]1CCCN1C(=O)[C@H](CC(=O)O)NC(=O)[C@H](Cc1ccc(O)cc1)NC(=O)[C@H](C)N)C(=O)O. The Balaban J connectivity index is 2.32. The fourth-order valence-corrected chi connectivity index (χ4v) is 8.02. The lowest BCUT2D eigenvalue weighted by Gasteiger charge is -2.30. The highest BCUT2D eigenvalue weighted by molar-refractivity contribution is 5.99. The van der Waals surface area contributed by atoms with Crippen LogP contribution in [0.1, 0.15) is 111 Å². The molecular weight excluding hydrogens is 967 g/mol. The molecule has 26 nitrogen and oxygen atoms in total. The van der Waals surface area contributed by atoms with Gasteiger partial charge < -0.3 is 80.4 Å². The quantitative estimate of drug-likeness (QED) is 0.0247. The van der Waals surface area contributed by atoms with Gasteiger partial charge in [-0.05, 0) is 114 Å². The molecule has 1 saturated heterocycles. The molecular formula is C48H81N13O13. The van der Waals surface area contributed by atoms with Crippen LogP contribution >= 0.6 is 0 Å². The summed E-state index contributed by atoms with van der Waals surface area (Å²) >= 11 is 0. The molecule has 0 saturated carbocycles. The highest BCUT2D eigenvalue weighted by Crippen LogP contribution is 2.21. The van der Waals surface area contributed by atoms with Crippen molar-refractivity contribution in [1.82, 2.24) is 47.4 Å². The normalized spacial score (nSPS) is 16.7. The number of carbonyl (C=O) groups excluding carboxylic acids is 8. The van der Waals surface area contributed by atoms with Crippen LogP contribution in [0.4, 0.5) is 0 Å². The number of amides is 8. The van der Waals surface area contributed by atoms with E-state index in [2.05, 4.69) is 42.5 Å². The third-order valence-corrected chi connectivity index (χ3v) is 11.9. The van der Waals surface area contributed by atoms with Crippen molar-refractivity contribution in [3.05, 3.63) is 29.8 Å². The molecule has 1 aliphatic rings. The predicted molar refractivity (Wildman–Crippen MR) is 270 cm³/mol. The monoisotopic (exact) mass is 1050 g/mol. The first-order valence-electron chi connectivity index (χ1n) is 25.1. The second-order valence-electron chi connectivity index (χ2n) is 19.5. The number of hydrogen-bond donors (Lipinski definition) is 15. The van der Waals surface area contributed by atoms with E-state index in [0.29, 0.717) is 24.8 Å². The van der Waals surface area contributed by atoms with Gasteiger partial charge in [0.05, 0.1) is 12.5 Å². The number of nitrogens with zero attached hydrogens (tertiary/aromatic N) is 1. The first-order valence-corrected chi connectivity index (χ1v) is 25.1. The molecule has 416 valence electrons. The van der Waals surface area contributed by atoms with Crippen LogP contribution in [0.2, 0.25) is 0 Å². The van der Waals surface area contributed by atoms with Crippen LogP contribution < -0.4 is 65.5 Å². The van der Waals surface area contributed by atoms with Gasteiger partial charge in [0.25, 0.3) is 0 Å². The lowest BCUT2D eigenvalue weighted by Crippen LogP contribution is -2.60. The molecule has 0 spiro atoms. The van der Waals surface area contributed by atoms with Crippen LogP contribution in [0.25, 0.3) is 0 Å². The highest BCUT2D eigenvalue weighted by Gasteiger charge is 2.40. The summed E-state index contributed by atoms with van der Waals surface area (Å²) in [5.74, 6) is -9.38. The molecule has 0 aliphatic carbocycles. The maximum absolute atomic E-state index is 14.1. The Morgan fingerprint density at radius 1 is 0.622 bits per heavy atom. The minimum atomic E-state index is -1.70. The number of aliphatic carboxylic acids is 2. The van der Waals surface area contributed by atoms with Crippen molar-refractivity contribution in [3.8, 4) is 5.75 Å². The Bertz CT molecular complexity index is 2060. The molecule has 8 amide bonds. The van der Waals surface area contributed by atoms with Crippen molar-refractivity contribution in [2.24, 2.45) is 34.8 Å². The summed E-state index contributed by atoms with van der Waals surface area (Å²) in [4.78, 5) is 135. The molecule has 1 aliphatic heterocycles. The van der Waals surface area contributed by atoms with Crippen LogP contribution in [-0.4, -0.2) is 160 Å². The van der Waals surface area contributed by atoms with Crippen molar-refractivity contribution < 1.29 is 63.3 Å². The van der Waals surface area contributed by atoms with Gasteiger partial charge in [-0.25, -0.2) is 4.79 Å². The Labute approximate surface area is 431 Å². The van der Waals surface area contributed by atoms with Crippen LogP contribution in [-0.2, 0) is 54.4 Å². The molecule has 19 N–H and O–H groups in total. The van der Waals surface area contributed by atoms with Crippen molar-refractivity contribution in [1.29, 1.82) is 0 Å². The molecule has 1 aromatic rings. The fraction of sp³-hybridized carbons (Fsp3) is 0.667. The lowest BCUT2D eigenvalue weighted by atomic mass is 9.99. The predicted octanol–water partition coefficient (Wildman–Crippen LogP) is -2.96. The zero-order valence-corrected chi connectivity index (χ0v) is 43.3. The van der Waals surface area contributed by atoms with E-state index < -0.39 is 126 Å². The Morgan fingerprint density at radius 2 is 1.12 bits per heavy atom. The van der Waals surface area contributed by atoms with E-state index in [1.165, 1.54) is 38.1 Å². The maximum Gasteiger partial charge on any atom is 0.326 e. The van der Waals surface area contributed by atoms with E-state index in [4.69, 9.17) is 22.9 Å². The van der Waals surface area contributed by atoms with E-state index >= 15 is 0 Å². The summed E-state index contributed by atoms with van der Waals surface area (Å²) in [6, 6.07) is -5.84. The topological polar surface area (TPSA) is 435 Å². The minimum absolute atomic E-state index is 0.0194. The Morgan fingerprint density at radius 3 is 1.66 bits per heavy atom. The van der Waals surface area contributed by atoms with Gasteiger partial charge in [0.1, 0.15) is 60.4 Å². The number of carboxylic acids is 2. The summed E-state index contributed by atoms with van der Waals surface area (Å²) in [6.07, 6.45) is -0.117. The van der Waals surface area contributed by atoms with E-state index in [9.17, 15) is 63.3 Å². The summed E-state index contributed by atoms with van der Waals surface area (Å²) in [6.45, 7) is 10.4. The van der Waals surface area contributed by atoms with Gasteiger partial charge >= 0.3 is 11.9 Å². The molecule has 0 aromatic heterocycles. The number of carbonyl (C=O) groups is 10. The number of hydrogen-bond acceptors (Lipinski definition) is 16. The Kier molecular flexibility index (Phi) is 27.5. The number of nitrogens with two attached hydrogens (primary N) is 4. The van der Waals surface area contributed by atoms with Crippen molar-refractivity contribution >= 4 is 59.2 Å². The van der Waals surface area contributed by atoms with Gasteiger partial charge in [-0.3, -0.25) is 48.5 Å². The smallest absolute Gasteiger partial charge is 0.326 e. The number of unbranched alkanes of at least 4 members (excludes halogenated alkanes) is 1. The number of phenolic OH excluding ortho intramolecular Hbond substituents is 1. The molecule has 1 fully saturated rings. The van der Waals surface area contributed by atoms with Crippen LogP contribution in [0.5, 0.6) is 5.75 Å². The summed E-state index contributed by atoms with van der Waals surface area (Å²) in [7, 11) is 0. The molecule has 1 heterocycles. The first kappa shape index (κ1) is 63.6. The number of rotatable bonds is 33. The van der Waals surface area contributed by atoms with Crippen molar-refractivity contribution in [3.63, 3.8) is 0 Å². The largest absolute Gasteiger partial charge is 0.508 e. The van der Waals surface area contributed by atoms with Crippen molar-refractivity contribution in [2.75, 3.05) is 19.6 Å². The van der Waals surface area contributed by atoms with Gasteiger partial charge in [0.15, 0.2) is 0 Å². The summed E-state index contributed by atoms with van der Waals surface area (Å²) < 4.78 is 0. The molecule has 0 bridgehead atoms. The number of nitrogens with one attached hydrogen (secondary N) is 8. The molecule has 26 heteroatoms. The molecule has 2 rings (SSSR count). The van der Waals surface area contributed by atoms with Crippen LogP contribution in [0, 0.1) is 11.8 Å². The van der Waals surface area contributed by atoms with Crippen LogP contribution in [0.3, 0.4) is 0 Å². The number of aromatic hydroxyl groups is 1. The fourth-order valence-electron chi connectivity index (χ4n) is 8.02. The van der Waals surface area contributed by atoms with E-state index in [-0.39, 0.29) is 82.2 Å². The van der Waals surface area contributed by atoms with Crippen LogP contribution in [0.15, 0.2) is 24.3 Å². The van der Waals surface area contributed by atoms with E-state index in [0.717, 1.165) is 4.90 Å². The average molecular weight is 1050 g/mol. The zero-order chi connectivity index (χ0) is 55.8. The average Bonchev–Trinajstić information content (AvgIpc) is 3.81. The lowest BCUT2D eigenvalue weighted by molar-refractivity contribution is -0.146. The standard InChI is InChI=1S/C48H81N13O13/c1-25(2)21-33(43(69)60-36(47(73)74)22-26(3)4)58-42(68)31(11-7-8-18-49)56-41(67)32(12-9-19-53-48(51)52)55-40(66)28(6)54-45(71)37-13-10-20-61(37)46(72)35(24-38(63)64)59-44(70)34(57-39(65)27(5)50)23-29-14-16-30(62)17-15-29/h14-17,25-28,31-37,48,53,62H,7-13,18-24,49-52H2,1-6H3,(H,54,71)(H,55,66)(H,56,67)(H,57,65)(H,58,68)(H,59,70)(H,60,69)(H,63,64)(H,73,74)/t27-,28-,31-,32-,33-,34-,35-,36-,37-/m0/s1. The van der Waals surface area contributed by atoms with Gasteiger partial charge in [-0.1, -0.05) is 39.8 Å². The number of carboxylic acid groups (broad SMARTS) is 2.